The van der Waals surface area contributed by atoms with Gasteiger partial charge in [0.25, 0.3) is 5.91 Å². The molecule has 0 aliphatic heterocycles. The zero-order chi connectivity index (χ0) is 19.9. The van der Waals surface area contributed by atoms with Crippen LogP contribution in [-0.2, 0) is 19.6 Å². The van der Waals surface area contributed by atoms with Gasteiger partial charge in [0.05, 0.1) is 10.6 Å². The van der Waals surface area contributed by atoms with Crippen LogP contribution in [0.1, 0.15) is 44.0 Å². The molecule has 0 unspecified atom stereocenters. The Balaban J connectivity index is 2.66. The Morgan fingerprint density at radius 1 is 1.19 bits per heavy atom. The smallest absolute Gasteiger partial charge is 0.338 e. The summed E-state index contributed by atoms with van der Waals surface area (Å²) in [5, 5.41) is 2.73. The Bertz CT molecular complexity index is 750. The first-order chi connectivity index (χ1) is 12.1. The first-order valence-electron chi connectivity index (χ1n) is 8.26. The number of hydrogen-bond acceptors (Lipinski definition) is 5. The fourth-order valence-electron chi connectivity index (χ4n) is 2.13. The van der Waals surface area contributed by atoms with Crippen molar-refractivity contribution in [2.24, 2.45) is 5.92 Å². The number of sulfonamides is 1. The number of halogens is 1. The summed E-state index contributed by atoms with van der Waals surface area (Å²) in [4.78, 5) is 23.7. The molecule has 0 aromatic heterocycles. The van der Waals surface area contributed by atoms with Crippen LogP contribution in [0, 0.1) is 5.92 Å². The molecular formula is C17H25ClN2O5S. The van der Waals surface area contributed by atoms with Crippen LogP contribution < -0.4 is 10.0 Å². The molecule has 1 amide bonds. The van der Waals surface area contributed by atoms with Crippen molar-refractivity contribution >= 4 is 33.5 Å². The van der Waals surface area contributed by atoms with Crippen LogP contribution in [0.2, 0.25) is 5.02 Å². The van der Waals surface area contributed by atoms with E-state index in [4.69, 9.17) is 16.3 Å². The highest BCUT2D eigenvalue weighted by atomic mass is 35.5. The number of carbonyl (C=O) groups excluding carboxylic acids is 2. The predicted octanol–water partition coefficient (Wildman–Crippen LogP) is 2.35. The summed E-state index contributed by atoms with van der Waals surface area (Å²) < 4.78 is 30.8. The summed E-state index contributed by atoms with van der Waals surface area (Å²) in [5.74, 6) is -0.675. The SMILES string of the molecule is CNS(=O)(=O)c1cc(C(=O)OCC(=O)N[C@@H](C)CCC(C)C)ccc1Cl. The highest BCUT2D eigenvalue weighted by Gasteiger charge is 2.20. The molecule has 0 fully saturated rings. The van der Waals surface area contributed by atoms with Crippen molar-refractivity contribution in [1.82, 2.24) is 10.0 Å². The van der Waals surface area contributed by atoms with E-state index >= 15 is 0 Å². The van der Waals surface area contributed by atoms with Gasteiger partial charge < -0.3 is 10.1 Å². The lowest BCUT2D eigenvalue weighted by atomic mass is 10.0. The van der Waals surface area contributed by atoms with E-state index in [9.17, 15) is 18.0 Å². The van der Waals surface area contributed by atoms with Crippen molar-refractivity contribution < 1.29 is 22.7 Å². The van der Waals surface area contributed by atoms with Gasteiger partial charge in [-0.1, -0.05) is 25.4 Å². The van der Waals surface area contributed by atoms with Crippen LogP contribution in [-0.4, -0.2) is 40.0 Å². The van der Waals surface area contributed by atoms with Crippen molar-refractivity contribution in [3.05, 3.63) is 28.8 Å². The minimum atomic E-state index is -3.81. The quantitative estimate of drug-likeness (QED) is 0.615. The number of esters is 1. The first kappa shape index (κ1) is 22.4. The topological polar surface area (TPSA) is 102 Å². The average Bonchev–Trinajstić information content (AvgIpc) is 2.58. The molecule has 1 atom stereocenters. The number of amides is 1. The third-order valence-electron chi connectivity index (χ3n) is 3.64. The number of hydrogen-bond donors (Lipinski definition) is 2. The van der Waals surface area contributed by atoms with Gasteiger partial charge in [-0.3, -0.25) is 4.79 Å². The summed E-state index contributed by atoms with van der Waals surface area (Å²) in [6.45, 7) is 5.65. The van der Waals surface area contributed by atoms with Crippen LogP contribution in [0.3, 0.4) is 0 Å². The number of nitrogens with one attached hydrogen (secondary N) is 2. The fraction of sp³-hybridized carbons (Fsp3) is 0.529. The molecule has 0 radical (unpaired) electrons. The van der Waals surface area contributed by atoms with E-state index in [0.29, 0.717) is 5.92 Å². The minimum Gasteiger partial charge on any atom is -0.452 e. The van der Waals surface area contributed by atoms with Crippen molar-refractivity contribution in [3.63, 3.8) is 0 Å². The highest BCUT2D eigenvalue weighted by molar-refractivity contribution is 7.89. The van der Waals surface area contributed by atoms with Gasteiger partial charge in [-0.05, 0) is 50.9 Å². The van der Waals surface area contributed by atoms with Crippen LogP contribution in [0.5, 0.6) is 0 Å². The molecule has 0 spiro atoms. The van der Waals surface area contributed by atoms with Gasteiger partial charge in [0.1, 0.15) is 4.90 Å². The second-order valence-electron chi connectivity index (χ2n) is 6.37. The Hall–Kier alpha value is -1.64. The second-order valence-corrected chi connectivity index (χ2v) is 8.63. The maximum Gasteiger partial charge on any atom is 0.338 e. The van der Waals surface area contributed by atoms with Gasteiger partial charge in [-0.25, -0.2) is 17.9 Å². The molecule has 0 aliphatic carbocycles. The molecule has 1 aromatic carbocycles. The third kappa shape index (κ3) is 6.93. The molecule has 0 aliphatic rings. The van der Waals surface area contributed by atoms with E-state index in [1.165, 1.54) is 19.2 Å². The van der Waals surface area contributed by atoms with E-state index in [1.54, 1.807) is 0 Å². The maximum atomic E-state index is 12.1. The molecule has 2 N–H and O–H groups in total. The number of rotatable bonds is 9. The van der Waals surface area contributed by atoms with E-state index in [2.05, 4.69) is 23.9 Å². The normalized spacial score (nSPS) is 12.7. The molecular weight excluding hydrogens is 380 g/mol. The molecule has 0 bridgehead atoms. The summed E-state index contributed by atoms with van der Waals surface area (Å²) in [6.07, 6.45) is 1.81. The van der Waals surface area contributed by atoms with E-state index in [1.807, 2.05) is 6.92 Å². The van der Waals surface area contributed by atoms with Crippen molar-refractivity contribution in [2.45, 2.75) is 44.6 Å². The molecule has 1 rings (SSSR count). The van der Waals surface area contributed by atoms with Crippen LogP contribution in [0.15, 0.2) is 23.1 Å². The van der Waals surface area contributed by atoms with Crippen molar-refractivity contribution in [1.29, 1.82) is 0 Å². The van der Waals surface area contributed by atoms with Gasteiger partial charge in [-0.2, -0.15) is 0 Å². The standard InChI is InChI=1S/C17H25ClN2O5S/c1-11(2)5-6-12(3)20-16(21)10-25-17(22)13-7-8-14(18)15(9-13)26(23,24)19-4/h7-9,11-12,19H,5-6,10H2,1-4H3,(H,20,21)/t12-/m0/s1. The predicted molar refractivity (Wildman–Crippen MR) is 99.7 cm³/mol. The third-order valence-corrected chi connectivity index (χ3v) is 5.54. The monoisotopic (exact) mass is 404 g/mol. The molecule has 0 saturated carbocycles. The molecule has 1 aromatic rings. The largest absolute Gasteiger partial charge is 0.452 e. The van der Waals surface area contributed by atoms with E-state index in [-0.39, 0.29) is 21.5 Å². The zero-order valence-electron chi connectivity index (χ0n) is 15.3. The van der Waals surface area contributed by atoms with Gasteiger partial charge in [0.15, 0.2) is 6.61 Å². The summed E-state index contributed by atoms with van der Waals surface area (Å²) >= 11 is 5.87. The Kier molecular flexibility index (Phi) is 8.52. The first-order valence-corrected chi connectivity index (χ1v) is 10.1. The van der Waals surface area contributed by atoms with E-state index in [0.717, 1.165) is 18.9 Å². The Labute approximate surface area is 159 Å². The number of benzene rings is 1. The Morgan fingerprint density at radius 3 is 2.42 bits per heavy atom. The molecule has 26 heavy (non-hydrogen) atoms. The fourth-order valence-corrected chi connectivity index (χ4v) is 3.38. The minimum absolute atomic E-state index is 0.0103. The van der Waals surface area contributed by atoms with Crippen molar-refractivity contribution in [2.75, 3.05) is 13.7 Å². The highest BCUT2D eigenvalue weighted by Crippen LogP contribution is 2.22. The van der Waals surface area contributed by atoms with Crippen LogP contribution in [0.25, 0.3) is 0 Å². The summed E-state index contributed by atoms with van der Waals surface area (Å²) in [7, 11) is -2.58. The molecule has 7 nitrogen and oxygen atoms in total. The summed E-state index contributed by atoms with van der Waals surface area (Å²) in [5.41, 5.74) is -0.0103. The lowest BCUT2D eigenvalue weighted by Gasteiger charge is -2.15. The average molecular weight is 405 g/mol. The zero-order valence-corrected chi connectivity index (χ0v) is 16.9. The van der Waals surface area contributed by atoms with Crippen LogP contribution >= 0.6 is 11.6 Å². The lowest BCUT2D eigenvalue weighted by molar-refractivity contribution is -0.124. The number of carbonyl (C=O) groups is 2. The maximum absolute atomic E-state index is 12.1. The van der Waals surface area contributed by atoms with Gasteiger partial charge in [0, 0.05) is 6.04 Å². The molecule has 0 heterocycles. The van der Waals surface area contributed by atoms with Gasteiger partial charge in [0.2, 0.25) is 10.0 Å². The summed E-state index contributed by atoms with van der Waals surface area (Å²) in [6, 6.07) is 3.71. The molecule has 146 valence electrons. The van der Waals surface area contributed by atoms with E-state index < -0.39 is 28.5 Å². The molecule has 9 heteroatoms. The second kappa shape index (κ2) is 9.89. The Morgan fingerprint density at radius 2 is 1.85 bits per heavy atom. The molecule has 0 saturated heterocycles. The van der Waals surface area contributed by atoms with Gasteiger partial charge in [-0.15, -0.1) is 0 Å². The lowest BCUT2D eigenvalue weighted by Crippen LogP contribution is -2.36. The van der Waals surface area contributed by atoms with Gasteiger partial charge >= 0.3 is 5.97 Å². The van der Waals surface area contributed by atoms with Crippen LogP contribution in [0.4, 0.5) is 0 Å². The number of ether oxygens (including phenoxy) is 1. The van der Waals surface area contributed by atoms with Crippen molar-refractivity contribution in [3.8, 4) is 0 Å².